The molecule has 0 saturated carbocycles. The first-order valence-electron chi connectivity index (χ1n) is 9.95. The number of thiophene rings is 1. The Labute approximate surface area is 188 Å². The van der Waals surface area contributed by atoms with E-state index in [0.717, 1.165) is 0 Å². The van der Waals surface area contributed by atoms with Crippen LogP contribution in [0, 0.1) is 0 Å². The predicted octanol–water partition coefficient (Wildman–Crippen LogP) is 4.49. The van der Waals surface area contributed by atoms with Crippen LogP contribution in [0.5, 0.6) is 0 Å². The van der Waals surface area contributed by atoms with Crippen LogP contribution in [0.15, 0.2) is 77.5 Å². The van der Waals surface area contributed by atoms with Gasteiger partial charge in [0.1, 0.15) is 6.04 Å². The fourth-order valence-electron chi connectivity index (χ4n) is 3.50. The number of anilines is 1. The number of carbonyl (C=O) groups excluding carboxylic acids is 3. The molecule has 0 aliphatic carbocycles. The van der Waals surface area contributed by atoms with Crippen LogP contribution >= 0.6 is 11.3 Å². The van der Waals surface area contributed by atoms with Gasteiger partial charge in [-0.15, -0.1) is 11.3 Å². The first-order chi connectivity index (χ1) is 15.4. The highest BCUT2D eigenvalue weighted by molar-refractivity contribution is 7.12. The standard InChI is InChI=1S/C24H20N2O5S/c1-14(2)31-24(30)15-8-10-16(11-9-15)26-20(17-6-3-4-12-25-17)19(22(28)23(26)29)21(27)18-7-5-13-32-18/h3-14,20,28H,1-2H3. The second kappa shape index (κ2) is 8.76. The van der Waals surface area contributed by atoms with Crippen LogP contribution in [-0.4, -0.2) is 33.9 Å². The van der Waals surface area contributed by atoms with Crippen molar-refractivity contribution >= 4 is 34.7 Å². The number of nitrogens with zero attached hydrogens (tertiary/aromatic N) is 2. The van der Waals surface area contributed by atoms with Gasteiger partial charge >= 0.3 is 5.97 Å². The van der Waals surface area contributed by atoms with E-state index in [1.165, 1.54) is 16.2 Å². The third-order valence-electron chi connectivity index (χ3n) is 4.89. The smallest absolute Gasteiger partial charge is 0.338 e. The number of aliphatic hydroxyl groups is 1. The minimum absolute atomic E-state index is 0.0283. The number of Topliss-reactive ketones (excluding diaryl/α,β-unsaturated/α-hetero) is 1. The van der Waals surface area contributed by atoms with E-state index < -0.39 is 29.5 Å². The van der Waals surface area contributed by atoms with Crippen molar-refractivity contribution in [2.75, 3.05) is 4.90 Å². The Hall–Kier alpha value is -3.78. The minimum atomic E-state index is -0.910. The molecule has 1 atom stereocenters. The number of pyridine rings is 1. The Balaban J connectivity index is 1.76. The zero-order chi connectivity index (χ0) is 22.8. The Morgan fingerprint density at radius 2 is 1.84 bits per heavy atom. The van der Waals surface area contributed by atoms with Gasteiger partial charge in [-0.25, -0.2) is 4.79 Å². The van der Waals surface area contributed by atoms with E-state index in [1.807, 2.05) is 0 Å². The minimum Gasteiger partial charge on any atom is -0.503 e. The fraction of sp³-hybridized carbons (Fsp3) is 0.167. The highest BCUT2D eigenvalue weighted by atomic mass is 32.1. The molecule has 1 N–H and O–H groups in total. The molecule has 32 heavy (non-hydrogen) atoms. The van der Waals surface area contributed by atoms with Crippen molar-refractivity contribution in [2.24, 2.45) is 0 Å². The number of ether oxygens (including phenoxy) is 1. The summed E-state index contributed by atoms with van der Waals surface area (Å²) >= 11 is 1.23. The van der Waals surface area contributed by atoms with Gasteiger partial charge in [0, 0.05) is 11.9 Å². The lowest BCUT2D eigenvalue weighted by atomic mass is 9.98. The van der Waals surface area contributed by atoms with Gasteiger partial charge in [-0.05, 0) is 61.7 Å². The fourth-order valence-corrected chi connectivity index (χ4v) is 4.18. The number of hydrogen-bond acceptors (Lipinski definition) is 7. The average molecular weight is 449 g/mol. The zero-order valence-electron chi connectivity index (χ0n) is 17.4. The maximum Gasteiger partial charge on any atom is 0.338 e. The van der Waals surface area contributed by atoms with Gasteiger partial charge < -0.3 is 9.84 Å². The lowest BCUT2D eigenvalue weighted by Crippen LogP contribution is -2.31. The zero-order valence-corrected chi connectivity index (χ0v) is 18.2. The molecule has 1 aromatic carbocycles. The van der Waals surface area contributed by atoms with Crippen LogP contribution < -0.4 is 4.90 Å². The molecule has 7 nitrogen and oxygen atoms in total. The van der Waals surface area contributed by atoms with Crippen molar-refractivity contribution in [3.63, 3.8) is 0 Å². The van der Waals surface area contributed by atoms with Gasteiger partial charge in [0.25, 0.3) is 5.91 Å². The van der Waals surface area contributed by atoms with Gasteiger partial charge in [-0.3, -0.25) is 19.5 Å². The van der Waals surface area contributed by atoms with E-state index in [-0.39, 0.29) is 11.7 Å². The topological polar surface area (TPSA) is 96.8 Å². The van der Waals surface area contributed by atoms with Gasteiger partial charge in [0.05, 0.1) is 27.8 Å². The van der Waals surface area contributed by atoms with Gasteiger partial charge in [0.2, 0.25) is 5.78 Å². The molecule has 1 amide bonds. The van der Waals surface area contributed by atoms with Crippen LogP contribution in [-0.2, 0) is 9.53 Å². The third kappa shape index (κ3) is 3.92. The Morgan fingerprint density at radius 1 is 1.09 bits per heavy atom. The van der Waals surface area contributed by atoms with Gasteiger partial charge in [-0.2, -0.15) is 0 Å². The maximum absolute atomic E-state index is 13.2. The summed E-state index contributed by atoms with van der Waals surface area (Å²) in [6, 6.07) is 13.9. The van der Waals surface area contributed by atoms with Gasteiger partial charge in [-0.1, -0.05) is 12.1 Å². The number of aliphatic hydroxyl groups excluding tert-OH is 1. The summed E-state index contributed by atoms with van der Waals surface area (Å²) in [6.45, 7) is 3.51. The van der Waals surface area contributed by atoms with Crippen molar-refractivity contribution in [1.29, 1.82) is 0 Å². The van der Waals surface area contributed by atoms with Gasteiger partial charge in [0.15, 0.2) is 5.76 Å². The Kier molecular flexibility index (Phi) is 5.87. The monoisotopic (exact) mass is 448 g/mol. The largest absolute Gasteiger partial charge is 0.503 e. The molecule has 3 aromatic rings. The second-order valence-electron chi connectivity index (χ2n) is 7.40. The molecule has 0 fully saturated rings. The SMILES string of the molecule is CC(C)OC(=O)c1ccc(N2C(=O)C(O)=C(C(=O)c3cccs3)C2c2ccccn2)cc1. The van der Waals surface area contributed by atoms with Crippen molar-refractivity contribution in [3.8, 4) is 0 Å². The average Bonchev–Trinajstić information content (AvgIpc) is 3.41. The molecule has 0 spiro atoms. The van der Waals surface area contributed by atoms with Crippen molar-refractivity contribution in [3.05, 3.63) is 93.6 Å². The summed E-state index contributed by atoms with van der Waals surface area (Å²) in [5.41, 5.74) is 1.15. The van der Waals surface area contributed by atoms with E-state index in [9.17, 15) is 19.5 Å². The first-order valence-corrected chi connectivity index (χ1v) is 10.8. The number of aromatic nitrogens is 1. The molecule has 8 heteroatoms. The summed E-state index contributed by atoms with van der Waals surface area (Å²) < 4.78 is 5.20. The number of carbonyl (C=O) groups is 3. The number of esters is 1. The third-order valence-corrected chi connectivity index (χ3v) is 5.76. The number of rotatable bonds is 6. The van der Waals surface area contributed by atoms with Crippen LogP contribution in [0.2, 0.25) is 0 Å². The molecule has 0 radical (unpaired) electrons. The van der Waals surface area contributed by atoms with Crippen molar-refractivity contribution < 1.29 is 24.2 Å². The summed E-state index contributed by atoms with van der Waals surface area (Å²) in [7, 11) is 0. The Morgan fingerprint density at radius 3 is 2.44 bits per heavy atom. The van der Waals surface area contributed by atoms with E-state index in [1.54, 1.807) is 80.0 Å². The molecule has 1 aliphatic heterocycles. The number of ketones is 1. The highest BCUT2D eigenvalue weighted by Gasteiger charge is 2.45. The van der Waals surface area contributed by atoms with Crippen molar-refractivity contribution in [2.45, 2.75) is 26.0 Å². The molecule has 4 rings (SSSR count). The number of amides is 1. The van der Waals surface area contributed by atoms with E-state index in [4.69, 9.17) is 4.74 Å². The number of benzene rings is 1. The number of hydrogen-bond donors (Lipinski definition) is 1. The second-order valence-corrected chi connectivity index (χ2v) is 8.35. The van der Waals surface area contributed by atoms with E-state index >= 15 is 0 Å². The normalized spacial score (nSPS) is 16.0. The molecule has 162 valence electrons. The molecule has 0 saturated heterocycles. The first kappa shape index (κ1) is 21.5. The van der Waals surface area contributed by atoms with E-state index in [0.29, 0.717) is 21.8 Å². The molecule has 2 aromatic heterocycles. The Bertz CT molecular complexity index is 1180. The lowest BCUT2D eigenvalue weighted by Gasteiger charge is -2.26. The van der Waals surface area contributed by atoms with E-state index in [2.05, 4.69) is 4.98 Å². The maximum atomic E-state index is 13.2. The quantitative estimate of drug-likeness (QED) is 0.441. The summed E-state index contributed by atoms with van der Waals surface area (Å²) in [5.74, 6) is -2.23. The van der Waals surface area contributed by atoms with Crippen LogP contribution in [0.4, 0.5) is 5.69 Å². The van der Waals surface area contributed by atoms with Crippen LogP contribution in [0.3, 0.4) is 0 Å². The summed E-state index contributed by atoms with van der Waals surface area (Å²) in [5, 5.41) is 12.5. The molecule has 0 bridgehead atoms. The lowest BCUT2D eigenvalue weighted by molar-refractivity contribution is -0.117. The molecular weight excluding hydrogens is 428 g/mol. The van der Waals surface area contributed by atoms with Crippen molar-refractivity contribution in [1.82, 2.24) is 4.98 Å². The summed E-state index contributed by atoms with van der Waals surface area (Å²) in [4.78, 5) is 44.5. The molecule has 3 heterocycles. The van der Waals surface area contributed by atoms with Crippen LogP contribution in [0.1, 0.15) is 45.6 Å². The highest BCUT2D eigenvalue weighted by Crippen LogP contribution is 2.41. The molecule has 1 unspecified atom stereocenters. The molecular formula is C24H20N2O5S. The predicted molar refractivity (Wildman–Crippen MR) is 120 cm³/mol. The molecule has 1 aliphatic rings. The summed E-state index contributed by atoms with van der Waals surface area (Å²) in [6.07, 6.45) is 1.30. The van der Waals surface area contributed by atoms with Crippen LogP contribution in [0.25, 0.3) is 0 Å².